The quantitative estimate of drug-likeness (QED) is 0.732. The van der Waals surface area contributed by atoms with E-state index in [2.05, 4.69) is 20.5 Å². The number of imidazole rings is 1. The average molecular weight is 394 g/mol. The van der Waals surface area contributed by atoms with E-state index < -0.39 is 0 Å². The molecule has 6 nitrogen and oxygen atoms in total. The highest BCUT2D eigenvalue weighted by Gasteiger charge is 2.19. The van der Waals surface area contributed by atoms with Gasteiger partial charge in [-0.15, -0.1) is 0 Å². The summed E-state index contributed by atoms with van der Waals surface area (Å²) >= 11 is 11.5. The summed E-state index contributed by atoms with van der Waals surface area (Å²) in [5, 5.41) is 8.00. The predicted octanol–water partition coefficient (Wildman–Crippen LogP) is 1.96. The predicted molar refractivity (Wildman–Crippen MR) is 107 cm³/mol. The molecule has 0 amide bonds. The maximum atomic E-state index is 6.03. The van der Waals surface area contributed by atoms with Crippen molar-refractivity contribution in [3.63, 3.8) is 0 Å². The van der Waals surface area contributed by atoms with Crippen LogP contribution in [0.15, 0.2) is 36.7 Å². The van der Waals surface area contributed by atoms with Gasteiger partial charge < -0.3 is 19.9 Å². The number of nitrogens with one attached hydrogen (secondary N) is 2. The second-order valence-electron chi connectivity index (χ2n) is 6.24. The summed E-state index contributed by atoms with van der Waals surface area (Å²) in [5.74, 6) is 0.893. The minimum absolute atomic E-state index is 0.143. The van der Waals surface area contributed by atoms with Gasteiger partial charge in [0.1, 0.15) is 11.9 Å². The number of halogens is 1. The fourth-order valence-electron chi connectivity index (χ4n) is 2.94. The summed E-state index contributed by atoms with van der Waals surface area (Å²) < 4.78 is 7.36. The number of morpholine rings is 1. The third-order valence-corrected chi connectivity index (χ3v) is 4.93. The van der Waals surface area contributed by atoms with Gasteiger partial charge in [-0.2, -0.15) is 0 Å². The Morgan fingerprint density at radius 2 is 2.04 bits per heavy atom. The topological polar surface area (TPSA) is 54.4 Å². The standard InChI is InChI=1S/C18H24ClN5OS/c1-23-8-6-20-17(23)16(14-2-4-15(19)5-3-14)22-18(26)21-7-9-24-10-12-25-13-11-24/h2-6,8,16H,7,9-13H2,1H3,(H2,21,22,26)/t16-/m1/s1. The number of aryl methyl sites for hydroxylation is 1. The number of aromatic nitrogens is 2. The van der Waals surface area contributed by atoms with Crippen molar-refractivity contribution in [3.05, 3.63) is 53.1 Å². The molecule has 1 aromatic carbocycles. The first-order valence-corrected chi connectivity index (χ1v) is 9.49. The summed E-state index contributed by atoms with van der Waals surface area (Å²) in [6, 6.07) is 7.60. The van der Waals surface area contributed by atoms with Crippen molar-refractivity contribution in [2.24, 2.45) is 7.05 Å². The Morgan fingerprint density at radius 1 is 1.31 bits per heavy atom. The largest absolute Gasteiger partial charge is 0.379 e. The van der Waals surface area contributed by atoms with Gasteiger partial charge >= 0.3 is 0 Å². The molecule has 2 heterocycles. The number of ether oxygens (including phenoxy) is 1. The van der Waals surface area contributed by atoms with Crippen LogP contribution >= 0.6 is 23.8 Å². The average Bonchev–Trinajstić information content (AvgIpc) is 3.07. The zero-order valence-corrected chi connectivity index (χ0v) is 16.4. The molecule has 26 heavy (non-hydrogen) atoms. The van der Waals surface area contributed by atoms with Gasteiger partial charge in [0.2, 0.25) is 0 Å². The second-order valence-corrected chi connectivity index (χ2v) is 7.08. The molecule has 1 fully saturated rings. The van der Waals surface area contributed by atoms with Crippen molar-refractivity contribution >= 4 is 28.9 Å². The van der Waals surface area contributed by atoms with Gasteiger partial charge in [0, 0.05) is 50.6 Å². The molecule has 140 valence electrons. The minimum atomic E-state index is -0.143. The molecule has 2 aromatic rings. The van der Waals surface area contributed by atoms with E-state index in [0.717, 1.165) is 50.8 Å². The van der Waals surface area contributed by atoms with Crippen LogP contribution in [-0.2, 0) is 11.8 Å². The lowest BCUT2D eigenvalue weighted by Gasteiger charge is -2.27. The number of thiocarbonyl (C=S) groups is 1. The number of benzene rings is 1. The molecule has 0 saturated carbocycles. The van der Waals surface area contributed by atoms with Gasteiger partial charge in [-0.25, -0.2) is 4.98 Å². The SMILES string of the molecule is Cn1ccnc1[C@H](NC(=S)NCCN1CCOCC1)c1ccc(Cl)cc1. The van der Waals surface area contributed by atoms with Crippen LogP contribution in [0.4, 0.5) is 0 Å². The van der Waals surface area contributed by atoms with Crippen LogP contribution in [0, 0.1) is 0 Å². The van der Waals surface area contributed by atoms with Crippen LogP contribution in [-0.4, -0.2) is 59.0 Å². The molecule has 0 radical (unpaired) electrons. The van der Waals surface area contributed by atoms with Gasteiger partial charge in [0.25, 0.3) is 0 Å². The van der Waals surface area contributed by atoms with Gasteiger partial charge in [-0.3, -0.25) is 4.90 Å². The van der Waals surface area contributed by atoms with Crippen LogP contribution in [0.5, 0.6) is 0 Å². The number of hydrogen-bond acceptors (Lipinski definition) is 4. The number of rotatable bonds is 6. The first-order valence-electron chi connectivity index (χ1n) is 8.70. The lowest BCUT2D eigenvalue weighted by atomic mass is 10.1. The maximum Gasteiger partial charge on any atom is 0.167 e. The van der Waals surface area contributed by atoms with Gasteiger partial charge in [0.05, 0.1) is 13.2 Å². The Kier molecular flexibility index (Phi) is 6.85. The van der Waals surface area contributed by atoms with E-state index in [1.165, 1.54) is 0 Å². The van der Waals surface area contributed by atoms with Gasteiger partial charge in [-0.1, -0.05) is 23.7 Å². The summed E-state index contributed by atoms with van der Waals surface area (Å²) in [7, 11) is 1.97. The van der Waals surface area contributed by atoms with E-state index in [-0.39, 0.29) is 6.04 Å². The summed E-state index contributed by atoms with van der Waals surface area (Å²) in [4.78, 5) is 6.85. The zero-order valence-electron chi connectivity index (χ0n) is 14.8. The fraction of sp³-hybridized carbons (Fsp3) is 0.444. The summed E-state index contributed by atoms with van der Waals surface area (Å²) in [6.45, 7) is 5.30. The van der Waals surface area contributed by atoms with Gasteiger partial charge in [0.15, 0.2) is 5.11 Å². The molecule has 0 bridgehead atoms. The highest BCUT2D eigenvalue weighted by atomic mass is 35.5. The van der Waals surface area contributed by atoms with E-state index in [9.17, 15) is 0 Å². The fourth-order valence-corrected chi connectivity index (χ4v) is 3.29. The van der Waals surface area contributed by atoms with Crippen molar-refractivity contribution in [1.82, 2.24) is 25.1 Å². The van der Waals surface area contributed by atoms with Crippen LogP contribution < -0.4 is 10.6 Å². The van der Waals surface area contributed by atoms with Crippen molar-refractivity contribution < 1.29 is 4.74 Å². The molecule has 1 atom stereocenters. The van der Waals surface area contributed by atoms with Crippen molar-refractivity contribution in [2.75, 3.05) is 39.4 Å². The Balaban J connectivity index is 1.61. The van der Waals surface area contributed by atoms with Crippen molar-refractivity contribution in [2.45, 2.75) is 6.04 Å². The molecular weight excluding hydrogens is 370 g/mol. The Bertz CT molecular complexity index is 715. The maximum absolute atomic E-state index is 6.03. The van der Waals surface area contributed by atoms with Crippen molar-refractivity contribution in [3.8, 4) is 0 Å². The van der Waals surface area contributed by atoms with E-state index in [4.69, 9.17) is 28.6 Å². The molecule has 8 heteroatoms. The van der Waals surface area contributed by atoms with Crippen LogP contribution in [0.25, 0.3) is 0 Å². The number of hydrogen-bond donors (Lipinski definition) is 2. The smallest absolute Gasteiger partial charge is 0.167 e. The van der Waals surface area contributed by atoms with E-state index in [0.29, 0.717) is 10.1 Å². The molecule has 0 aliphatic carbocycles. The molecule has 0 unspecified atom stereocenters. The van der Waals surface area contributed by atoms with E-state index in [1.807, 2.05) is 42.1 Å². The highest BCUT2D eigenvalue weighted by molar-refractivity contribution is 7.80. The first-order chi connectivity index (χ1) is 12.6. The molecule has 1 saturated heterocycles. The molecule has 3 rings (SSSR count). The van der Waals surface area contributed by atoms with E-state index in [1.54, 1.807) is 6.20 Å². The Hall–Kier alpha value is -1.67. The lowest BCUT2D eigenvalue weighted by molar-refractivity contribution is 0.0389. The Morgan fingerprint density at radius 3 is 2.69 bits per heavy atom. The van der Waals surface area contributed by atoms with Crippen LogP contribution in [0.2, 0.25) is 5.02 Å². The second kappa shape index (κ2) is 9.32. The van der Waals surface area contributed by atoms with Crippen molar-refractivity contribution in [1.29, 1.82) is 0 Å². The number of nitrogens with zero attached hydrogens (tertiary/aromatic N) is 3. The molecule has 1 aliphatic heterocycles. The molecule has 0 spiro atoms. The van der Waals surface area contributed by atoms with Crippen LogP contribution in [0.3, 0.4) is 0 Å². The van der Waals surface area contributed by atoms with E-state index >= 15 is 0 Å². The minimum Gasteiger partial charge on any atom is -0.379 e. The molecule has 2 N–H and O–H groups in total. The third kappa shape index (κ3) is 5.17. The normalized spacial score (nSPS) is 16.2. The molecular formula is C18H24ClN5OS. The molecule has 1 aliphatic rings. The third-order valence-electron chi connectivity index (χ3n) is 4.41. The summed E-state index contributed by atoms with van der Waals surface area (Å²) in [6.07, 6.45) is 3.71. The highest BCUT2D eigenvalue weighted by Crippen LogP contribution is 2.22. The molecule has 1 aromatic heterocycles. The lowest BCUT2D eigenvalue weighted by Crippen LogP contribution is -2.44. The first kappa shape index (κ1) is 19.1. The summed E-state index contributed by atoms with van der Waals surface area (Å²) in [5.41, 5.74) is 1.06. The van der Waals surface area contributed by atoms with Crippen LogP contribution in [0.1, 0.15) is 17.4 Å². The zero-order chi connectivity index (χ0) is 18.4. The Labute approximate surface area is 164 Å². The van der Waals surface area contributed by atoms with Gasteiger partial charge in [-0.05, 0) is 29.9 Å². The monoisotopic (exact) mass is 393 g/mol.